The lowest BCUT2D eigenvalue weighted by atomic mass is 10.1. The summed E-state index contributed by atoms with van der Waals surface area (Å²) in [6.45, 7) is 0. The molecule has 0 aliphatic rings. The number of aromatic nitrogens is 1. The first-order valence-corrected chi connectivity index (χ1v) is 6.50. The zero-order valence-electron chi connectivity index (χ0n) is 8.54. The van der Waals surface area contributed by atoms with Gasteiger partial charge in [0.2, 0.25) is 0 Å². The molecule has 0 N–H and O–H groups in total. The molecule has 3 nitrogen and oxygen atoms in total. The van der Waals surface area contributed by atoms with Gasteiger partial charge < -0.3 is 9.15 Å². The maximum Gasteiger partial charge on any atom is 0.181 e. The Kier molecular flexibility index (Phi) is 3.66. The quantitative estimate of drug-likeness (QED) is 0.788. The van der Waals surface area contributed by atoms with E-state index < -0.39 is 0 Å². The van der Waals surface area contributed by atoms with Gasteiger partial charge >= 0.3 is 0 Å². The Morgan fingerprint density at radius 1 is 1.44 bits per heavy atom. The molecule has 0 bridgehead atoms. The van der Waals surface area contributed by atoms with Gasteiger partial charge in [0, 0.05) is 15.4 Å². The minimum atomic E-state index is 0.655. The van der Waals surface area contributed by atoms with E-state index in [1.54, 1.807) is 7.11 Å². The number of halogens is 2. The third-order valence-corrected chi connectivity index (χ3v) is 3.41. The smallest absolute Gasteiger partial charge is 0.181 e. The van der Waals surface area contributed by atoms with Crippen LogP contribution in [-0.4, -0.2) is 12.1 Å². The van der Waals surface area contributed by atoms with Crippen molar-refractivity contribution in [3.05, 3.63) is 34.8 Å². The fraction of sp³-hybridized carbons (Fsp3) is 0.182. The summed E-state index contributed by atoms with van der Waals surface area (Å²) in [7, 11) is 1.64. The van der Waals surface area contributed by atoms with Crippen LogP contribution < -0.4 is 4.74 Å². The molecule has 0 fully saturated rings. The highest BCUT2D eigenvalue weighted by molar-refractivity contribution is 9.10. The van der Waals surface area contributed by atoms with Gasteiger partial charge in [0.15, 0.2) is 12.2 Å². The van der Waals surface area contributed by atoms with Crippen LogP contribution in [0.15, 0.2) is 33.5 Å². The van der Waals surface area contributed by atoms with Gasteiger partial charge in [-0.25, -0.2) is 4.98 Å². The maximum absolute atomic E-state index is 5.40. The van der Waals surface area contributed by atoms with E-state index >= 15 is 0 Å². The molecular weight excluding hydrogens is 338 g/mol. The van der Waals surface area contributed by atoms with Crippen molar-refractivity contribution >= 4 is 31.9 Å². The molecule has 0 saturated heterocycles. The van der Waals surface area contributed by atoms with Crippen LogP contribution in [0.1, 0.15) is 5.69 Å². The van der Waals surface area contributed by atoms with E-state index in [-0.39, 0.29) is 0 Å². The summed E-state index contributed by atoms with van der Waals surface area (Å²) in [6.07, 6.45) is 1.44. The number of methoxy groups -OCH3 is 1. The summed E-state index contributed by atoms with van der Waals surface area (Å²) in [5.74, 6) is 1.54. The number of ether oxygens (including phenoxy) is 1. The van der Waals surface area contributed by atoms with Crippen molar-refractivity contribution in [2.75, 3.05) is 7.11 Å². The van der Waals surface area contributed by atoms with Crippen LogP contribution in [0.4, 0.5) is 0 Å². The Hall–Kier alpha value is -0.810. The van der Waals surface area contributed by atoms with Crippen LogP contribution in [0.2, 0.25) is 0 Å². The molecule has 2 rings (SSSR count). The first-order valence-electron chi connectivity index (χ1n) is 4.58. The van der Waals surface area contributed by atoms with E-state index in [1.165, 1.54) is 6.39 Å². The van der Waals surface area contributed by atoms with Crippen molar-refractivity contribution in [3.63, 3.8) is 0 Å². The van der Waals surface area contributed by atoms with E-state index in [0.717, 1.165) is 27.2 Å². The third-order valence-electron chi connectivity index (χ3n) is 2.19. The minimum Gasteiger partial charge on any atom is -0.497 e. The van der Waals surface area contributed by atoms with Crippen LogP contribution in [0, 0.1) is 0 Å². The van der Waals surface area contributed by atoms with Crippen LogP contribution >= 0.6 is 31.9 Å². The van der Waals surface area contributed by atoms with Crippen molar-refractivity contribution in [1.29, 1.82) is 0 Å². The van der Waals surface area contributed by atoms with Crippen molar-refractivity contribution in [2.24, 2.45) is 0 Å². The molecular formula is C11H9Br2NO2. The summed E-state index contributed by atoms with van der Waals surface area (Å²) in [6, 6.07) is 5.73. The molecule has 0 spiro atoms. The third kappa shape index (κ3) is 2.15. The lowest BCUT2D eigenvalue weighted by molar-refractivity contribution is 0.414. The maximum atomic E-state index is 5.40. The zero-order chi connectivity index (χ0) is 11.5. The topological polar surface area (TPSA) is 35.3 Å². The van der Waals surface area contributed by atoms with Crippen LogP contribution in [0.5, 0.6) is 5.75 Å². The Balaban J connectivity index is 2.54. The fourth-order valence-electron chi connectivity index (χ4n) is 1.39. The van der Waals surface area contributed by atoms with Crippen molar-refractivity contribution in [3.8, 4) is 17.1 Å². The molecule has 0 atom stereocenters. The lowest BCUT2D eigenvalue weighted by Gasteiger charge is -2.05. The van der Waals surface area contributed by atoms with E-state index in [9.17, 15) is 0 Å². The van der Waals surface area contributed by atoms with E-state index in [1.807, 2.05) is 18.2 Å². The fourth-order valence-corrected chi connectivity index (χ4v) is 2.21. The number of benzene rings is 1. The van der Waals surface area contributed by atoms with Gasteiger partial charge in [-0.15, -0.1) is 0 Å². The largest absolute Gasteiger partial charge is 0.497 e. The standard InChI is InChI=1S/C11H9Br2NO2/c1-15-7-2-3-9(13)8(4-7)11-10(5-12)14-6-16-11/h2-4,6H,5H2,1H3. The summed E-state index contributed by atoms with van der Waals surface area (Å²) in [4.78, 5) is 4.13. The lowest BCUT2D eigenvalue weighted by Crippen LogP contribution is -1.87. The molecule has 84 valence electrons. The molecule has 0 amide bonds. The summed E-state index contributed by atoms with van der Waals surface area (Å²) < 4.78 is 11.5. The monoisotopic (exact) mass is 345 g/mol. The second-order valence-corrected chi connectivity index (χ2v) is 4.52. The first-order chi connectivity index (χ1) is 7.76. The van der Waals surface area contributed by atoms with E-state index in [0.29, 0.717) is 5.33 Å². The second-order valence-electron chi connectivity index (χ2n) is 3.11. The molecule has 0 aliphatic heterocycles. The first kappa shape index (κ1) is 11.7. The van der Waals surface area contributed by atoms with Gasteiger partial charge in [-0.2, -0.15) is 0 Å². The Bertz CT molecular complexity index is 496. The summed E-state index contributed by atoms with van der Waals surface area (Å²) >= 11 is 6.86. The number of hydrogen-bond acceptors (Lipinski definition) is 3. The highest BCUT2D eigenvalue weighted by Crippen LogP contribution is 2.34. The number of nitrogens with zero attached hydrogens (tertiary/aromatic N) is 1. The number of rotatable bonds is 3. The SMILES string of the molecule is COc1ccc(Br)c(-c2ocnc2CBr)c1. The molecule has 1 aromatic heterocycles. The Morgan fingerprint density at radius 3 is 2.94 bits per heavy atom. The summed E-state index contributed by atoms with van der Waals surface area (Å²) in [5.41, 5.74) is 1.81. The van der Waals surface area contributed by atoms with Crippen molar-refractivity contribution < 1.29 is 9.15 Å². The molecule has 0 saturated carbocycles. The number of hydrogen-bond donors (Lipinski definition) is 0. The molecule has 0 unspecified atom stereocenters. The highest BCUT2D eigenvalue weighted by Gasteiger charge is 2.13. The zero-order valence-corrected chi connectivity index (χ0v) is 11.7. The van der Waals surface area contributed by atoms with Crippen molar-refractivity contribution in [1.82, 2.24) is 4.98 Å². The summed E-state index contributed by atoms with van der Waals surface area (Å²) in [5, 5.41) is 0.655. The van der Waals surface area contributed by atoms with Gasteiger partial charge in [-0.05, 0) is 18.2 Å². The average Bonchev–Trinajstić information content (AvgIpc) is 2.77. The van der Waals surface area contributed by atoms with Gasteiger partial charge in [-0.1, -0.05) is 31.9 Å². The van der Waals surface area contributed by atoms with Crippen molar-refractivity contribution in [2.45, 2.75) is 5.33 Å². The van der Waals surface area contributed by atoms with Gasteiger partial charge in [0.05, 0.1) is 12.8 Å². The minimum absolute atomic E-state index is 0.655. The normalized spacial score (nSPS) is 10.4. The average molecular weight is 347 g/mol. The van der Waals surface area contributed by atoms with Crippen LogP contribution in [-0.2, 0) is 5.33 Å². The van der Waals surface area contributed by atoms with Crippen LogP contribution in [0.25, 0.3) is 11.3 Å². The Morgan fingerprint density at radius 2 is 2.25 bits per heavy atom. The second kappa shape index (κ2) is 5.01. The predicted octanol–water partition coefficient (Wildman–Crippen LogP) is 4.01. The molecule has 1 aromatic carbocycles. The van der Waals surface area contributed by atoms with Crippen LogP contribution in [0.3, 0.4) is 0 Å². The Labute approximate surface area is 110 Å². The van der Waals surface area contributed by atoms with Gasteiger partial charge in [0.25, 0.3) is 0 Å². The highest BCUT2D eigenvalue weighted by atomic mass is 79.9. The number of oxazole rings is 1. The van der Waals surface area contributed by atoms with Gasteiger partial charge in [0.1, 0.15) is 5.75 Å². The molecule has 16 heavy (non-hydrogen) atoms. The molecule has 2 aromatic rings. The molecule has 0 aliphatic carbocycles. The predicted molar refractivity (Wildman–Crippen MR) is 68.8 cm³/mol. The van der Waals surface area contributed by atoms with E-state index in [4.69, 9.17) is 9.15 Å². The molecule has 5 heteroatoms. The number of alkyl halides is 1. The molecule has 0 radical (unpaired) electrons. The van der Waals surface area contributed by atoms with E-state index in [2.05, 4.69) is 36.8 Å². The molecule has 1 heterocycles. The van der Waals surface area contributed by atoms with Gasteiger partial charge in [-0.3, -0.25) is 0 Å².